The SMILES string of the molecule is CCc1cnc(C(C)NC(=O)N(C)CC2CCCCC2O)s1. The first-order chi connectivity index (χ1) is 10.5. The predicted molar refractivity (Wildman–Crippen MR) is 89.0 cm³/mol. The molecule has 0 saturated heterocycles. The molecule has 1 aromatic rings. The van der Waals surface area contributed by atoms with E-state index >= 15 is 0 Å². The van der Waals surface area contributed by atoms with E-state index < -0.39 is 0 Å². The van der Waals surface area contributed by atoms with Crippen LogP contribution in [0.15, 0.2) is 6.20 Å². The number of nitrogens with one attached hydrogen (secondary N) is 1. The second-order valence-corrected chi connectivity index (χ2v) is 7.33. The highest BCUT2D eigenvalue weighted by atomic mass is 32.1. The fourth-order valence-electron chi connectivity index (χ4n) is 2.88. The molecule has 124 valence electrons. The molecule has 0 aliphatic heterocycles. The molecule has 1 aliphatic carbocycles. The summed E-state index contributed by atoms with van der Waals surface area (Å²) < 4.78 is 0. The van der Waals surface area contributed by atoms with Crippen molar-refractivity contribution in [3.05, 3.63) is 16.1 Å². The lowest BCUT2D eigenvalue weighted by molar-refractivity contribution is 0.0563. The van der Waals surface area contributed by atoms with Crippen molar-refractivity contribution >= 4 is 17.4 Å². The fourth-order valence-corrected chi connectivity index (χ4v) is 3.74. The number of aliphatic hydroxyl groups excluding tert-OH is 1. The van der Waals surface area contributed by atoms with Gasteiger partial charge in [-0.2, -0.15) is 0 Å². The molecular weight excluding hydrogens is 298 g/mol. The van der Waals surface area contributed by atoms with Gasteiger partial charge in [-0.3, -0.25) is 0 Å². The van der Waals surface area contributed by atoms with Gasteiger partial charge in [0, 0.05) is 30.6 Å². The van der Waals surface area contributed by atoms with Crippen molar-refractivity contribution in [2.45, 2.75) is 58.1 Å². The summed E-state index contributed by atoms with van der Waals surface area (Å²) in [5.41, 5.74) is 0. The Labute approximate surface area is 136 Å². The highest BCUT2D eigenvalue weighted by Gasteiger charge is 2.26. The summed E-state index contributed by atoms with van der Waals surface area (Å²) >= 11 is 1.65. The van der Waals surface area contributed by atoms with Gasteiger partial charge in [-0.25, -0.2) is 9.78 Å². The van der Waals surface area contributed by atoms with Gasteiger partial charge in [0.2, 0.25) is 0 Å². The van der Waals surface area contributed by atoms with Crippen molar-refractivity contribution < 1.29 is 9.90 Å². The van der Waals surface area contributed by atoms with Crippen LogP contribution in [0.2, 0.25) is 0 Å². The summed E-state index contributed by atoms with van der Waals surface area (Å²) in [5, 5.41) is 14.0. The molecule has 1 aromatic heterocycles. The topological polar surface area (TPSA) is 65.5 Å². The van der Waals surface area contributed by atoms with Gasteiger partial charge in [0.1, 0.15) is 5.01 Å². The number of aliphatic hydroxyl groups is 1. The van der Waals surface area contributed by atoms with Gasteiger partial charge in [-0.1, -0.05) is 19.8 Å². The Kier molecular flexibility index (Phi) is 6.20. The number of carbonyl (C=O) groups excluding carboxylic acids is 1. The fraction of sp³-hybridized carbons (Fsp3) is 0.750. The van der Waals surface area contributed by atoms with Crippen molar-refractivity contribution in [1.29, 1.82) is 0 Å². The van der Waals surface area contributed by atoms with E-state index in [1.54, 1.807) is 23.3 Å². The van der Waals surface area contributed by atoms with E-state index in [4.69, 9.17) is 0 Å². The lowest BCUT2D eigenvalue weighted by atomic mass is 9.86. The Morgan fingerprint density at radius 1 is 1.55 bits per heavy atom. The molecule has 0 bridgehead atoms. The molecule has 6 heteroatoms. The van der Waals surface area contributed by atoms with Crippen molar-refractivity contribution in [2.24, 2.45) is 5.92 Å². The molecule has 2 amide bonds. The molecule has 0 spiro atoms. The minimum Gasteiger partial charge on any atom is -0.393 e. The summed E-state index contributed by atoms with van der Waals surface area (Å²) in [6.45, 7) is 4.67. The van der Waals surface area contributed by atoms with Gasteiger partial charge in [0.15, 0.2) is 0 Å². The van der Waals surface area contributed by atoms with Crippen molar-refractivity contribution in [2.75, 3.05) is 13.6 Å². The smallest absolute Gasteiger partial charge is 0.317 e. The Morgan fingerprint density at radius 2 is 2.27 bits per heavy atom. The second-order valence-electron chi connectivity index (χ2n) is 6.18. The van der Waals surface area contributed by atoms with Crippen LogP contribution in [-0.4, -0.2) is 40.7 Å². The standard InChI is InChI=1S/C16H27N3O2S/c1-4-13-9-17-15(22-13)11(2)18-16(21)19(3)10-12-7-5-6-8-14(12)20/h9,11-12,14,20H,4-8,10H2,1-3H3,(H,18,21). The zero-order valence-electron chi connectivity index (χ0n) is 13.7. The van der Waals surface area contributed by atoms with Crippen LogP contribution >= 0.6 is 11.3 Å². The van der Waals surface area contributed by atoms with Crippen LogP contribution in [0.3, 0.4) is 0 Å². The maximum Gasteiger partial charge on any atom is 0.317 e. The molecule has 3 atom stereocenters. The van der Waals surface area contributed by atoms with Crippen LogP contribution in [-0.2, 0) is 6.42 Å². The monoisotopic (exact) mass is 325 g/mol. The third kappa shape index (κ3) is 4.43. The minimum absolute atomic E-state index is 0.0865. The van der Waals surface area contributed by atoms with E-state index in [1.165, 1.54) is 4.88 Å². The number of nitrogens with zero attached hydrogens (tertiary/aromatic N) is 2. The number of aryl methyl sites for hydroxylation is 1. The van der Waals surface area contributed by atoms with E-state index in [0.717, 1.165) is 37.1 Å². The molecule has 2 rings (SSSR count). The van der Waals surface area contributed by atoms with Gasteiger partial charge >= 0.3 is 6.03 Å². The average Bonchev–Trinajstić information content (AvgIpc) is 2.98. The number of hydrogen-bond acceptors (Lipinski definition) is 4. The number of thiazole rings is 1. The normalized spacial score (nSPS) is 23.1. The molecule has 1 saturated carbocycles. The summed E-state index contributed by atoms with van der Waals surface area (Å²) in [5.74, 6) is 0.200. The quantitative estimate of drug-likeness (QED) is 0.875. The number of amides is 2. The van der Waals surface area contributed by atoms with Crippen molar-refractivity contribution in [3.63, 3.8) is 0 Å². The number of aromatic nitrogens is 1. The van der Waals surface area contributed by atoms with E-state index in [1.807, 2.05) is 13.1 Å². The molecule has 1 fully saturated rings. The van der Waals surface area contributed by atoms with Gasteiger partial charge in [0.25, 0.3) is 0 Å². The molecule has 1 aliphatic rings. The van der Waals surface area contributed by atoms with Crippen LogP contribution in [0.5, 0.6) is 0 Å². The highest BCUT2D eigenvalue weighted by molar-refractivity contribution is 7.11. The van der Waals surface area contributed by atoms with Gasteiger partial charge < -0.3 is 15.3 Å². The maximum atomic E-state index is 12.3. The highest BCUT2D eigenvalue weighted by Crippen LogP contribution is 2.25. The summed E-state index contributed by atoms with van der Waals surface area (Å²) in [6, 6.07) is -0.185. The van der Waals surface area contributed by atoms with Crippen LogP contribution in [0.25, 0.3) is 0 Å². The third-order valence-corrected chi connectivity index (χ3v) is 5.68. The maximum absolute atomic E-state index is 12.3. The largest absolute Gasteiger partial charge is 0.393 e. The Bertz CT molecular complexity index is 491. The minimum atomic E-state index is -0.271. The van der Waals surface area contributed by atoms with Crippen LogP contribution < -0.4 is 5.32 Å². The molecule has 5 nitrogen and oxygen atoms in total. The second kappa shape index (κ2) is 7.92. The van der Waals surface area contributed by atoms with Crippen molar-refractivity contribution in [3.8, 4) is 0 Å². The number of carbonyl (C=O) groups is 1. The molecule has 0 aromatic carbocycles. The van der Waals surface area contributed by atoms with E-state index in [9.17, 15) is 9.90 Å². The van der Waals surface area contributed by atoms with E-state index in [-0.39, 0.29) is 24.1 Å². The number of hydrogen-bond donors (Lipinski definition) is 2. The van der Waals surface area contributed by atoms with Crippen molar-refractivity contribution in [1.82, 2.24) is 15.2 Å². The lowest BCUT2D eigenvalue weighted by Crippen LogP contribution is -2.43. The van der Waals surface area contributed by atoms with Gasteiger partial charge in [-0.05, 0) is 26.2 Å². The molecule has 2 N–H and O–H groups in total. The van der Waals surface area contributed by atoms with E-state index in [0.29, 0.717) is 6.54 Å². The zero-order chi connectivity index (χ0) is 16.1. The first-order valence-electron chi connectivity index (χ1n) is 8.15. The third-order valence-electron chi connectivity index (χ3n) is 4.35. The number of rotatable bonds is 5. The predicted octanol–water partition coefficient (Wildman–Crippen LogP) is 2.96. The molecule has 1 heterocycles. The first-order valence-corrected chi connectivity index (χ1v) is 8.97. The number of urea groups is 1. The summed E-state index contributed by atoms with van der Waals surface area (Å²) in [7, 11) is 1.79. The lowest BCUT2D eigenvalue weighted by Gasteiger charge is -2.31. The summed E-state index contributed by atoms with van der Waals surface area (Å²) in [6.07, 6.45) is 6.67. The average molecular weight is 325 g/mol. The van der Waals surface area contributed by atoms with Crippen LogP contribution in [0.1, 0.15) is 55.5 Å². The molecule has 3 unspecified atom stereocenters. The van der Waals surface area contributed by atoms with E-state index in [2.05, 4.69) is 17.2 Å². The molecule has 22 heavy (non-hydrogen) atoms. The molecule has 0 radical (unpaired) electrons. The van der Waals surface area contributed by atoms with Crippen LogP contribution in [0.4, 0.5) is 4.79 Å². The van der Waals surface area contributed by atoms with Crippen LogP contribution in [0, 0.1) is 5.92 Å². The van der Waals surface area contributed by atoms with Gasteiger partial charge in [0.05, 0.1) is 12.1 Å². The Hall–Kier alpha value is -1.14. The zero-order valence-corrected chi connectivity index (χ0v) is 14.5. The summed E-state index contributed by atoms with van der Waals surface area (Å²) in [4.78, 5) is 19.6. The first kappa shape index (κ1) is 17.2. The Balaban J connectivity index is 1.84. The van der Waals surface area contributed by atoms with Gasteiger partial charge in [-0.15, -0.1) is 11.3 Å². The molecular formula is C16H27N3O2S. The Morgan fingerprint density at radius 3 is 2.91 bits per heavy atom.